The molecule has 0 radical (unpaired) electrons. The summed E-state index contributed by atoms with van der Waals surface area (Å²) in [5.74, 6) is 1.96. The molecule has 0 unspecified atom stereocenters. The highest BCUT2D eigenvalue weighted by molar-refractivity contribution is 6.25. The molecule has 9 rings (SSSR count). The first-order valence-electron chi connectivity index (χ1n) is 14.7. The fourth-order valence-corrected chi connectivity index (χ4v) is 6.35. The Bertz CT molecular complexity index is 2420. The van der Waals surface area contributed by atoms with Crippen LogP contribution in [0.15, 0.2) is 146 Å². The largest absolute Gasteiger partial charge is 0.354 e. The van der Waals surface area contributed by atoms with E-state index in [0.29, 0.717) is 17.5 Å². The van der Waals surface area contributed by atoms with Crippen LogP contribution < -0.4 is 0 Å². The number of hydrogen-bond donors (Lipinski definition) is 1. The second-order valence-corrected chi connectivity index (χ2v) is 11.0. The van der Waals surface area contributed by atoms with Crippen molar-refractivity contribution in [3.8, 4) is 39.9 Å². The molecule has 206 valence electrons. The van der Waals surface area contributed by atoms with Crippen LogP contribution in [-0.2, 0) is 0 Å². The van der Waals surface area contributed by atoms with E-state index < -0.39 is 0 Å². The molecule has 5 nitrogen and oxygen atoms in total. The zero-order valence-corrected chi connectivity index (χ0v) is 23.6. The van der Waals surface area contributed by atoms with Crippen molar-refractivity contribution in [3.63, 3.8) is 0 Å². The van der Waals surface area contributed by atoms with Crippen LogP contribution in [0, 0.1) is 0 Å². The van der Waals surface area contributed by atoms with Crippen molar-refractivity contribution in [2.24, 2.45) is 0 Å². The van der Waals surface area contributed by atoms with Crippen molar-refractivity contribution in [1.82, 2.24) is 24.5 Å². The standard InChI is InChI=1S/C39H25N5/c1-3-11-25(12-4-1)37-41-38(26-13-5-2-6-14-26)43-39(42-37)27-19-21-28(22-20-27)44-33-18-10-8-16-31(33)35-34(44)24-23-30-29-15-7-9-17-32(29)40-36(30)35/h1-24,40H. The molecule has 0 saturated carbocycles. The van der Waals surface area contributed by atoms with E-state index in [1.807, 2.05) is 60.7 Å². The Kier molecular flexibility index (Phi) is 5.43. The maximum absolute atomic E-state index is 4.91. The molecular formula is C39H25N5. The quantitative estimate of drug-likeness (QED) is 0.232. The van der Waals surface area contributed by atoms with Gasteiger partial charge in [-0.1, -0.05) is 103 Å². The van der Waals surface area contributed by atoms with E-state index in [9.17, 15) is 0 Å². The van der Waals surface area contributed by atoms with E-state index in [-0.39, 0.29) is 0 Å². The minimum atomic E-state index is 0.645. The highest BCUT2D eigenvalue weighted by atomic mass is 15.0. The minimum Gasteiger partial charge on any atom is -0.354 e. The fourth-order valence-electron chi connectivity index (χ4n) is 6.35. The molecule has 3 aromatic heterocycles. The Morgan fingerprint density at radius 2 is 0.955 bits per heavy atom. The molecule has 0 aliphatic rings. The van der Waals surface area contributed by atoms with Gasteiger partial charge in [0, 0.05) is 49.4 Å². The van der Waals surface area contributed by atoms with Gasteiger partial charge < -0.3 is 9.55 Å². The van der Waals surface area contributed by atoms with E-state index in [0.717, 1.165) is 33.4 Å². The molecule has 1 N–H and O–H groups in total. The molecule has 0 amide bonds. The number of nitrogens with one attached hydrogen (secondary N) is 1. The third-order valence-electron chi connectivity index (χ3n) is 8.40. The predicted molar refractivity (Wildman–Crippen MR) is 180 cm³/mol. The number of aromatic amines is 1. The Labute approximate surface area is 253 Å². The van der Waals surface area contributed by atoms with Crippen LogP contribution in [0.4, 0.5) is 0 Å². The molecule has 44 heavy (non-hydrogen) atoms. The van der Waals surface area contributed by atoms with Gasteiger partial charge in [0.1, 0.15) is 0 Å². The maximum atomic E-state index is 4.91. The van der Waals surface area contributed by atoms with E-state index in [1.54, 1.807) is 0 Å². The Balaban J connectivity index is 1.21. The van der Waals surface area contributed by atoms with Crippen LogP contribution in [0.25, 0.3) is 83.5 Å². The molecular weight excluding hydrogens is 538 g/mol. The first-order chi connectivity index (χ1) is 21.8. The predicted octanol–water partition coefficient (Wildman–Crippen LogP) is 9.60. The number of H-pyrrole nitrogens is 1. The zero-order chi connectivity index (χ0) is 29.0. The summed E-state index contributed by atoms with van der Waals surface area (Å²) < 4.78 is 2.34. The summed E-state index contributed by atoms with van der Waals surface area (Å²) in [6.45, 7) is 0. The fraction of sp³-hybridized carbons (Fsp3) is 0. The lowest BCUT2D eigenvalue weighted by molar-refractivity contribution is 1.07. The highest BCUT2D eigenvalue weighted by Crippen LogP contribution is 2.39. The molecule has 0 atom stereocenters. The number of aromatic nitrogens is 5. The van der Waals surface area contributed by atoms with E-state index >= 15 is 0 Å². The van der Waals surface area contributed by atoms with Crippen molar-refractivity contribution in [3.05, 3.63) is 146 Å². The van der Waals surface area contributed by atoms with Crippen LogP contribution in [-0.4, -0.2) is 24.5 Å². The van der Waals surface area contributed by atoms with Crippen LogP contribution in [0.2, 0.25) is 0 Å². The third kappa shape index (κ3) is 3.83. The van der Waals surface area contributed by atoms with E-state index in [2.05, 4.69) is 94.5 Å². The maximum Gasteiger partial charge on any atom is 0.164 e. The van der Waals surface area contributed by atoms with Gasteiger partial charge in [-0.3, -0.25) is 0 Å². The number of para-hydroxylation sites is 2. The Morgan fingerprint density at radius 3 is 1.61 bits per heavy atom. The van der Waals surface area contributed by atoms with Crippen molar-refractivity contribution in [2.45, 2.75) is 0 Å². The van der Waals surface area contributed by atoms with E-state index in [4.69, 9.17) is 15.0 Å². The SMILES string of the molecule is c1ccc(-c2nc(-c3ccccc3)nc(-c3ccc(-n4c5ccccc5c5c6[nH]c7ccccc7c6ccc54)cc3)n2)cc1. The zero-order valence-electron chi connectivity index (χ0n) is 23.6. The highest BCUT2D eigenvalue weighted by Gasteiger charge is 2.18. The average molecular weight is 564 g/mol. The first-order valence-corrected chi connectivity index (χ1v) is 14.7. The minimum absolute atomic E-state index is 0.645. The molecule has 5 heteroatoms. The molecule has 0 fully saturated rings. The normalized spacial score (nSPS) is 11.6. The van der Waals surface area contributed by atoms with Crippen LogP contribution >= 0.6 is 0 Å². The van der Waals surface area contributed by atoms with Crippen molar-refractivity contribution >= 4 is 43.6 Å². The summed E-state index contributed by atoms with van der Waals surface area (Å²) in [7, 11) is 0. The lowest BCUT2D eigenvalue weighted by Crippen LogP contribution is -2.00. The number of hydrogen-bond acceptors (Lipinski definition) is 3. The van der Waals surface area contributed by atoms with E-state index in [1.165, 1.54) is 32.6 Å². The first kappa shape index (κ1) is 24.5. The lowest BCUT2D eigenvalue weighted by atomic mass is 10.1. The summed E-state index contributed by atoms with van der Waals surface area (Å²) in [4.78, 5) is 18.4. The number of rotatable bonds is 4. The summed E-state index contributed by atoms with van der Waals surface area (Å²) in [5.41, 5.74) is 8.58. The second-order valence-electron chi connectivity index (χ2n) is 11.0. The van der Waals surface area contributed by atoms with Gasteiger partial charge in [-0.05, 0) is 42.5 Å². The summed E-state index contributed by atoms with van der Waals surface area (Å²) in [6.07, 6.45) is 0. The summed E-state index contributed by atoms with van der Waals surface area (Å²) in [5, 5.41) is 4.94. The van der Waals surface area contributed by atoms with Crippen LogP contribution in [0.5, 0.6) is 0 Å². The van der Waals surface area contributed by atoms with Gasteiger partial charge in [0.05, 0.1) is 16.6 Å². The van der Waals surface area contributed by atoms with Crippen LogP contribution in [0.3, 0.4) is 0 Å². The summed E-state index contributed by atoms with van der Waals surface area (Å²) >= 11 is 0. The average Bonchev–Trinajstić information content (AvgIpc) is 3.65. The van der Waals surface area contributed by atoms with Gasteiger partial charge in [-0.2, -0.15) is 0 Å². The van der Waals surface area contributed by atoms with Crippen molar-refractivity contribution in [1.29, 1.82) is 0 Å². The Hall–Kier alpha value is -6.07. The number of benzene rings is 6. The van der Waals surface area contributed by atoms with Gasteiger partial charge >= 0.3 is 0 Å². The number of fused-ring (bicyclic) bond motifs is 7. The van der Waals surface area contributed by atoms with Crippen molar-refractivity contribution < 1.29 is 0 Å². The molecule has 0 aliphatic carbocycles. The third-order valence-corrected chi connectivity index (χ3v) is 8.40. The van der Waals surface area contributed by atoms with Gasteiger partial charge in [0.25, 0.3) is 0 Å². The van der Waals surface area contributed by atoms with Gasteiger partial charge in [-0.25, -0.2) is 15.0 Å². The molecule has 0 aliphatic heterocycles. The molecule has 6 aromatic carbocycles. The van der Waals surface area contributed by atoms with Gasteiger partial charge in [-0.15, -0.1) is 0 Å². The van der Waals surface area contributed by atoms with Gasteiger partial charge in [0.2, 0.25) is 0 Å². The Morgan fingerprint density at radius 1 is 0.409 bits per heavy atom. The van der Waals surface area contributed by atoms with Crippen molar-refractivity contribution in [2.75, 3.05) is 0 Å². The molecule has 0 spiro atoms. The van der Waals surface area contributed by atoms with Crippen LogP contribution in [0.1, 0.15) is 0 Å². The second kappa shape index (κ2) is 9.75. The van der Waals surface area contributed by atoms with Gasteiger partial charge in [0.15, 0.2) is 17.5 Å². The summed E-state index contributed by atoms with van der Waals surface area (Å²) in [6, 6.07) is 50.3. The number of nitrogens with zero attached hydrogens (tertiary/aromatic N) is 4. The lowest BCUT2D eigenvalue weighted by Gasteiger charge is -2.11. The molecule has 0 bridgehead atoms. The molecule has 0 saturated heterocycles. The molecule has 9 aromatic rings. The smallest absolute Gasteiger partial charge is 0.164 e. The molecule has 3 heterocycles. The monoisotopic (exact) mass is 563 g/mol. The topological polar surface area (TPSA) is 59.4 Å².